The molecule has 3 aliphatic carbocycles. The lowest BCUT2D eigenvalue weighted by molar-refractivity contribution is -0.143. The lowest BCUT2D eigenvalue weighted by Gasteiger charge is -2.45. The van der Waals surface area contributed by atoms with Crippen LogP contribution in [0.5, 0.6) is 0 Å². The number of nitrogens with one attached hydrogen (secondary N) is 1. The molecule has 4 aliphatic rings. The van der Waals surface area contributed by atoms with E-state index < -0.39 is 29.7 Å². The number of hydrogen-bond acceptors (Lipinski definition) is 4. The Morgan fingerprint density at radius 1 is 0.824 bits per heavy atom. The van der Waals surface area contributed by atoms with Crippen LogP contribution in [-0.4, -0.2) is 22.9 Å². The van der Waals surface area contributed by atoms with Crippen molar-refractivity contribution in [2.45, 2.75) is 18.4 Å². The fourth-order valence-electron chi connectivity index (χ4n) is 5.69. The van der Waals surface area contributed by atoms with Gasteiger partial charge in [0.2, 0.25) is 0 Å². The second-order valence-electron chi connectivity index (χ2n) is 8.70. The molecule has 6 nitrogen and oxygen atoms in total. The predicted octanol–water partition coefficient (Wildman–Crippen LogP) is 5.03. The largest absolute Gasteiger partial charge is 0.443 e. The fraction of sp³-hybridized carbons (Fsp3) is 0.192. The van der Waals surface area contributed by atoms with Crippen molar-refractivity contribution in [3.05, 3.63) is 105 Å². The summed E-state index contributed by atoms with van der Waals surface area (Å²) < 4.78 is 5.23. The number of ether oxygens (including phenoxy) is 1. The summed E-state index contributed by atoms with van der Waals surface area (Å²) in [7, 11) is 0. The summed E-state index contributed by atoms with van der Waals surface area (Å²) in [6, 6.07) is 20.7. The first kappa shape index (κ1) is 21.2. The molecule has 2 atom stereocenters. The van der Waals surface area contributed by atoms with Crippen molar-refractivity contribution in [1.29, 1.82) is 0 Å². The molecule has 34 heavy (non-hydrogen) atoms. The molecule has 3 aromatic carbocycles. The van der Waals surface area contributed by atoms with Crippen LogP contribution in [0.15, 0.2) is 66.7 Å². The van der Waals surface area contributed by atoms with Crippen LogP contribution in [0.2, 0.25) is 10.0 Å². The Bertz CT molecular complexity index is 1260. The van der Waals surface area contributed by atoms with Crippen LogP contribution in [0.1, 0.15) is 39.7 Å². The van der Waals surface area contributed by atoms with Crippen LogP contribution < -0.4 is 5.43 Å². The van der Waals surface area contributed by atoms with E-state index in [1.807, 2.05) is 48.5 Å². The Labute approximate surface area is 205 Å². The van der Waals surface area contributed by atoms with Crippen LogP contribution >= 0.6 is 23.2 Å². The highest BCUT2D eigenvalue weighted by atomic mass is 35.5. The molecule has 0 unspecified atom stereocenters. The molecule has 0 saturated carbocycles. The monoisotopic (exact) mass is 492 g/mol. The number of carbonyl (C=O) groups is 3. The molecular formula is C26H18Cl2N2O4. The van der Waals surface area contributed by atoms with Crippen molar-refractivity contribution in [2.24, 2.45) is 11.8 Å². The minimum absolute atomic E-state index is 0.132. The van der Waals surface area contributed by atoms with Gasteiger partial charge < -0.3 is 4.74 Å². The van der Waals surface area contributed by atoms with Gasteiger partial charge in [-0.25, -0.2) is 10.2 Å². The first-order valence-corrected chi connectivity index (χ1v) is 11.6. The Morgan fingerprint density at radius 3 is 1.79 bits per heavy atom. The van der Waals surface area contributed by atoms with Gasteiger partial charge in [0.25, 0.3) is 11.8 Å². The first-order chi connectivity index (χ1) is 16.5. The number of carbonyl (C=O) groups excluding carboxylic acids is 3. The number of imide groups is 1. The molecule has 3 aromatic rings. The molecular weight excluding hydrogens is 475 g/mol. The number of amides is 3. The molecule has 8 heteroatoms. The lowest BCUT2D eigenvalue weighted by atomic mass is 9.55. The normalized spacial score (nSPS) is 23.9. The van der Waals surface area contributed by atoms with Gasteiger partial charge in [-0.15, -0.1) is 0 Å². The summed E-state index contributed by atoms with van der Waals surface area (Å²) in [5.74, 6) is -2.48. The number of hydrogen-bond donors (Lipinski definition) is 1. The third-order valence-electron chi connectivity index (χ3n) is 7.03. The van der Waals surface area contributed by atoms with Gasteiger partial charge in [-0.2, -0.15) is 5.01 Å². The molecule has 1 N–H and O–H groups in total. The van der Waals surface area contributed by atoms with Gasteiger partial charge in [-0.3, -0.25) is 9.59 Å². The van der Waals surface area contributed by atoms with Gasteiger partial charge in [-0.1, -0.05) is 77.8 Å². The van der Waals surface area contributed by atoms with E-state index in [1.54, 1.807) is 18.2 Å². The number of halogens is 2. The molecule has 7 rings (SSSR count). The van der Waals surface area contributed by atoms with Crippen LogP contribution in [0.25, 0.3) is 0 Å². The molecule has 1 saturated heterocycles. The van der Waals surface area contributed by atoms with Crippen molar-refractivity contribution in [2.75, 3.05) is 0 Å². The van der Waals surface area contributed by atoms with E-state index in [1.165, 1.54) is 0 Å². The smallest absolute Gasteiger partial charge is 0.426 e. The van der Waals surface area contributed by atoms with Crippen LogP contribution in [0, 0.1) is 11.8 Å². The maximum Gasteiger partial charge on any atom is 0.426 e. The maximum atomic E-state index is 13.5. The number of benzene rings is 3. The van der Waals surface area contributed by atoms with Gasteiger partial charge in [0.15, 0.2) is 0 Å². The Balaban J connectivity index is 1.27. The highest BCUT2D eigenvalue weighted by molar-refractivity contribution is 6.35. The molecule has 0 aromatic heterocycles. The summed E-state index contributed by atoms with van der Waals surface area (Å²) in [5.41, 5.74) is 7.18. The van der Waals surface area contributed by atoms with Crippen molar-refractivity contribution >= 4 is 41.1 Å². The highest BCUT2D eigenvalue weighted by Crippen LogP contribution is 2.60. The van der Waals surface area contributed by atoms with Crippen molar-refractivity contribution in [3.63, 3.8) is 0 Å². The minimum atomic E-state index is -0.909. The van der Waals surface area contributed by atoms with E-state index in [4.69, 9.17) is 27.9 Å². The summed E-state index contributed by atoms with van der Waals surface area (Å²) in [6.45, 7) is -0.132. The Kier molecular flexibility index (Phi) is 4.90. The summed E-state index contributed by atoms with van der Waals surface area (Å²) in [4.78, 5) is 39.4. The zero-order valence-corrected chi connectivity index (χ0v) is 19.2. The molecule has 1 aliphatic heterocycles. The van der Waals surface area contributed by atoms with Gasteiger partial charge >= 0.3 is 6.09 Å². The topological polar surface area (TPSA) is 75.7 Å². The minimum Gasteiger partial charge on any atom is -0.443 e. The molecule has 2 bridgehead atoms. The summed E-state index contributed by atoms with van der Waals surface area (Å²) in [6.07, 6.45) is -0.909. The quantitative estimate of drug-likeness (QED) is 0.520. The fourth-order valence-corrected chi connectivity index (χ4v) is 6.16. The lowest BCUT2D eigenvalue weighted by Crippen LogP contribution is -2.47. The Hall–Kier alpha value is -3.35. The van der Waals surface area contributed by atoms with Gasteiger partial charge in [0, 0.05) is 27.4 Å². The van der Waals surface area contributed by atoms with E-state index >= 15 is 0 Å². The zero-order valence-electron chi connectivity index (χ0n) is 17.7. The van der Waals surface area contributed by atoms with Crippen molar-refractivity contribution in [3.8, 4) is 0 Å². The average Bonchev–Trinajstić information content (AvgIpc) is 3.09. The molecule has 0 spiro atoms. The van der Waals surface area contributed by atoms with Gasteiger partial charge in [-0.05, 0) is 34.4 Å². The van der Waals surface area contributed by atoms with Crippen molar-refractivity contribution < 1.29 is 19.1 Å². The predicted molar refractivity (Wildman–Crippen MR) is 125 cm³/mol. The number of nitrogens with zero attached hydrogens (tertiary/aromatic N) is 1. The van der Waals surface area contributed by atoms with Gasteiger partial charge in [0.05, 0.1) is 11.8 Å². The maximum absolute atomic E-state index is 13.5. The van der Waals surface area contributed by atoms with E-state index in [0.29, 0.717) is 15.6 Å². The first-order valence-electron chi connectivity index (χ1n) is 10.9. The van der Waals surface area contributed by atoms with Crippen LogP contribution in [0.3, 0.4) is 0 Å². The van der Waals surface area contributed by atoms with E-state index in [-0.39, 0.29) is 18.4 Å². The van der Waals surface area contributed by atoms with Crippen molar-refractivity contribution in [1.82, 2.24) is 10.4 Å². The SMILES string of the molecule is O=C(NN1C(=O)[C@H]2C3c4ccccc4C(c4ccccc43)[C@@H]2C1=O)OCc1ccc(Cl)cc1Cl. The molecule has 0 radical (unpaired) electrons. The standard InChI is InChI=1S/C26H18Cl2N2O4/c27-14-10-9-13(19(28)11-14)12-34-26(33)29-30-24(31)22-20-15-5-1-2-6-16(15)21(23(22)25(30)32)18-8-4-3-7-17(18)20/h1-11,20-23H,12H2,(H,29,33)/t20?,21?,22-,23-/m0/s1. The second-order valence-corrected chi connectivity index (χ2v) is 9.54. The Morgan fingerprint density at radius 2 is 1.32 bits per heavy atom. The molecule has 1 fully saturated rings. The number of rotatable bonds is 3. The van der Waals surface area contributed by atoms with Crippen LogP contribution in [0.4, 0.5) is 4.79 Å². The summed E-state index contributed by atoms with van der Waals surface area (Å²) in [5, 5.41) is 1.65. The average molecular weight is 493 g/mol. The third-order valence-corrected chi connectivity index (χ3v) is 7.61. The molecule has 1 heterocycles. The second kappa shape index (κ2) is 7.86. The molecule has 3 amide bonds. The van der Waals surface area contributed by atoms with E-state index in [0.717, 1.165) is 27.3 Å². The van der Waals surface area contributed by atoms with Gasteiger partial charge in [0.1, 0.15) is 6.61 Å². The van der Waals surface area contributed by atoms with E-state index in [2.05, 4.69) is 5.43 Å². The number of hydrazine groups is 1. The third kappa shape index (κ3) is 3.06. The highest BCUT2D eigenvalue weighted by Gasteiger charge is 2.62. The van der Waals surface area contributed by atoms with Crippen LogP contribution in [-0.2, 0) is 20.9 Å². The molecule has 170 valence electrons. The summed E-state index contributed by atoms with van der Waals surface area (Å²) >= 11 is 12.0. The van der Waals surface area contributed by atoms with E-state index in [9.17, 15) is 14.4 Å². The zero-order chi connectivity index (χ0) is 23.6.